The van der Waals surface area contributed by atoms with Gasteiger partial charge in [-0.2, -0.15) is 0 Å². The normalized spacial score (nSPS) is 24.2. The van der Waals surface area contributed by atoms with Gasteiger partial charge in [0.25, 0.3) is 0 Å². The summed E-state index contributed by atoms with van der Waals surface area (Å²) < 4.78 is 0. The highest BCUT2D eigenvalue weighted by atomic mass is 32.1. The van der Waals surface area contributed by atoms with E-state index in [2.05, 4.69) is 64.3 Å². The van der Waals surface area contributed by atoms with Gasteiger partial charge < -0.3 is 4.90 Å². The summed E-state index contributed by atoms with van der Waals surface area (Å²) in [5.41, 5.74) is 3.29. The van der Waals surface area contributed by atoms with Crippen LogP contribution in [0.1, 0.15) is 48.4 Å². The summed E-state index contributed by atoms with van der Waals surface area (Å²) in [5, 5.41) is 3.41. The molecule has 0 radical (unpaired) electrons. The Morgan fingerprint density at radius 1 is 1.15 bits per heavy atom. The zero-order chi connectivity index (χ0) is 18.0. The molecule has 1 spiro atoms. The van der Waals surface area contributed by atoms with E-state index in [1.54, 1.807) is 11.3 Å². The monoisotopic (exact) mass is 369 g/mol. The summed E-state index contributed by atoms with van der Waals surface area (Å²) in [5.74, 6) is 0.692. The molecule has 0 aliphatic carbocycles. The molecule has 0 unspecified atom stereocenters. The maximum absolute atomic E-state index is 4.65. The first-order valence-corrected chi connectivity index (χ1v) is 10.9. The molecule has 2 aliphatic heterocycles. The van der Waals surface area contributed by atoms with E-state index in [9.17, 15) is 0 Å². The maximum Gasteiger partial charge on any atom is 0.0897 e. The minimum Gasteiger partial charge on any atom is -0.302 e. The number of aryl methyl sites for hydroxylation is 1. The van der Waals surface area contributed by atoms with Crippen LogP contribution in [0.15, 0.2) is 35.7 Å². The fraction of sp³-hybridized carbons (Fsp3) is 0.591. The van der Waals surface area contributed by atoms with Crippen molar-refractivity contribution in [3.8, 4) is 0 Å². The molecule has 1 aromatic heterocycles. The van der Waals surface area contributed by atoms with Crippen molar-refractivity contribution in [2.75, 3.05) is 32.7 Å². The lowest BCUT2D eigenvalue weighted by molar-refractivity contribution is 0.0135. The van der Waals surface area contributed by atoms with Crippen LogP contribution in [0.5, 0.6) is 0 Å². The molecule has 1 aromatic carbocycles. The van der Waals surface area contributed by atoms with E-state index in [1.165, 1.54) is 68.3 Å². The Balaban J connectivity index is 1.42. The van der Waals surface area contributed by atoms with Gasteiger partial charge in [0.1, 0.15) is 0 Å². The topological polar surface area (TPSA) is 19.4 Å². The van der Waals surface area contributed by atoms with Crippen LogP contribution in [0, 0.1) is 12.3 Å². The van der Waals surface area contributed by atoms with Gasteiger partial charge in [-0.05, 0) is 62.7 Å². The van der Waals surface area contributed by atoms with Crippen LogP contribution in [0.3, 0.4) is 0 Å². The second-order valence-electron chi connectivity index (χ2n) is 8.27. The van der Waals surface area contributed by atoms with E-state index in [1.807, 2.05) is 0 Å². The number of aromatic nitrogens is 1. The molecule has 2 fully saturated rings. The van der Waals surface area contributed by atoms with Gasteiger partial charge in [0.2, 0.25) is 0 Å². The first-order valence-electron chi connectivity index (χ1n) is 10.1. The van der Waals surface area contributed by atoms with Crippen molar-refractivity contribution < 1.29 is 0 Å². The number of likely N-dealkylation sites (tertiary alicyclic amines) is 2. The van der Waals surface area contributed by atoms with Crippen molar-refractivity contribution in [1.82, 2.24) is 14.8 Å². The zero-order valence-electron chi connectivity index (χ0n) is 16.2. The van der Waals surface area contributed by atoms with Crippen molar-refractivity contribution in [3.63, 3.8) is 0 Å². The Labute approximate surface area is 162 Å². The third-order valence-electron chi connectivity index (χ3n) is 6.40. The number of hydrogen-bond donors (Lipinski definition) is 0. The first-order chi connectivity index (χ1) is 12.7. The smallest absolute Gasteiger partial charge is 0.0897 e. The average Bonchev–Trinajstić information content (AvgIpc) is 3.09. The van der Waals surface area contributed by atoms with E-state index in [0.29, 0.717) is 11.3 Å². The highest BCUT2D eigenvalue weighted by Gasteiger charge is 2.41. The first kappa shape index (κ1) is 18.1. The molecule has 140 valence electrons. The molecule has 3 nitrogen and oxygen atoms in total. The highest BCUT2D eigenvalue weighted by Crippen LogP contribution is 2.45. The van der Waals surface area contributed by atoms with Crippen LogP contribution in [-0.4, -0.2) is 47.5 Å². The van der Waals surface area contributed by atoms with E-state index < -0.39 is 0 Å². The Hall–Kier alpha value is -1.23. The SMILES string of the molecule is CCN1C[C@@H](c2ccccc2)CC2(CCN(Cc3csc(C)n3)CC2)C1. The van der Waals surface area contributed by atoms with Crippen LogP contribution >= 0.6 is 11.3 Å². The van der Waals surface area contributed by atoms with Crippen LogP contribution < -0.4 is 0 Å². The third-order valence-corrected chi connectivity index (χ3v) is 7.23. The van der Waals surface area contributed by atoms with Gasteiger partial charge in [0, 0.05) is 25.0 Å². The summed E-state index contributed by atoms with van der Waals surface area (Å²) in [6, 6.07) is 11.2. The number of rotatable bonds is 4. The van der Waals surface area contributed by atoms with Crippen molar-refractivity contribution in [3.05, 3.63) is 52.0 Å². The zero-order valence-corrected chi connectivity index (χ0v) is 17.0. The van der Waals surface area contributed by atoms with Crippen molar-refractivity contribution in [2.24, 2.45) is 5.41 Å². The summed E-state index contributed by atoms with van der Waals surface area (Å²) in [4.78, 5) is 9.96. The van der Waals surface area contributed by atoms with Gasteiger partial charge in [0.05, 0.1) is 10.7 Å². The van der Waals surface area contributed by atoms with Crippen molar-refractivity contribution >= 4 is 11.3 Å². The van der Waals surface area contributed by atoms with Gasteiger partial charge in [-0.3, -0.25) is 4.90 Å². The molecule has 0 N–H and O–H groups in total. The molecule has 0 amide bonds. The van der Waals surface area contributed by atoms with E-state index >= 15 is 0 Å². The fourth-order valence-corrected chi connectivity index (χ4v) is 5.55. The molecule has 26 heavy (non-hydrogen) atoms. The van der Waals surface area contributed by atoms with Crippen molar-refractivity contribution in [1.29, 1.82) is 0 Å². The lowest BCUT2D eigenvalue weighted by atomic mass is 9.68. The summed E-state index contributed by atoms with van der Waals surface area (Å²) in [6.45, 7) is 11.6. The van der Waals surface area contributed by atoms with Gasteiger partial charge in [-0.25, -0.2) is 4.98 Å². The van der Waals surface area contributed by atoms with Gasteiger partial charge in [0.15, 0.2) is 0 Å². The quantitative estimate of drug-likeness (QED) is 0.788. The Bertz CT molecular complexity index is 703. The lowest BCUT2D eigenvalue weighted by Crippen LogP contribution is -2.51. The number of likely N-dealkylation sites (N-methyl/N-ethyl adjacent to an activating group) is 1. The largest absolute Gasteiger partial charge is 0.302 e. The van der Waals surface area contributed by atoms with E-state index in [4.69, 9.17) is 0 Å². The van der Waals surface area contributed by atoms with Gasteiger partial charge in [-0.15, -0.1) is 11.3 Å². The molecule has 0 bridgehead atoms. The molecule has 2 saturated heterocycles. The summed E-state index contributed by atoms with van der Waals surface area (Å²) in [7, 11) is 0. The molecule has 2 aromatic rings. The number of hydrogen-bond acceptors (Lipinski definition) is 4. The molecular formula is C22H31N3S. The predicted molar refractivity (Wildman–Crippen MR) is 110 cm³/mol. The van der Waals surface area contributed by atoms with Crippen LogP contribution in [0.2, 0.25) is 0 Å². The second-order valence-corrected chi connectivity index (χ2v) is 9.34. The Morgan fingerprint density at radius 2 is 1.92 bits per heavy atom. The number of benzene rings is 1. The van der Waals surface area contributed by atoms with Gasteiger partial charge in [-0.1, -0.05) is 37.3 Å². The van der Waals surface area contributed by atoms with E-state index in [-0.39, 0.29) is 0 Å². The predicted octanol–water partition coefficient (Wildman–Crippen LogP) is 4.54. The fourth-order valence-electron chi connectivity index (χ4n) is 4.95. The molecule has 4 rings (SSSR count). The van der Waals surface area contributed by atoms with Crippen LogP contribution in [0.4, 0.5) is 0 Å². The molecule has 4 heteroatoms. The summed E-state index contributed by atoms with van der Waals surface area (Å²) in [6.07, 6.45) is 4.02. The molecule has 2 aliphatic rings. The van der Waals surface area contributed by atoms with Crippen molar-refractivity contribution in [2.45, 2.75) is 45.6 Å². The maximum atomic E-state index is 4.65. The second kappa shape index (κ2) is 7.79. The molecular weight excluding hydrogens is 338 g/mol. The number of piperidine rings is 2. The minimum atomic E-state index is 0.503. The lowest BCUT2D eigenvalue weighted by Gasteiger charge is -2.50. The number of thiazole rings is 1. The Morgan fingerprint density at radius 3 is 2.58 bits per heavy atom. The van der Waals surface area contributed by atoms with Crippen LogP contribution in [-0.2, 0) is 6.54 Å². The highest BCUT2D eigenvalue weighted by molar-refractivity contribution is 7.09. The average molecular weight is 370 g/mol. The molecule has 0 saturated carbocycles. The third kappa shape index (κ3) is 4.03. The number of nitrogens with zero attached hydrogens (tertiary/aromatic N) is 3. The summed E-state index contributed by atoms with van der Waals surface area (Å²) >= 11 is 1.77. The van der Waals surface area contributed by atoms with E-state index in [0.717, 1.165) is 6.54 Å². The minimum absolute atomic E-state index is 0.503. The molecule has 3 heterocycles. The van der Waals surface area contributed by atoms with Crippen LogP contribution in [0.25, 0.3) is 0 Å². The van der Waals surface area contributed by atoms with Gasteiger partial charge >= 0.3 is 0 Å². The molecule has 1 atom stereocenters. The standard InChI is InChI=1S/C22H31N3S/c1-3-24-14-20(19-7-5-4-6-8-19)13-22(17-24)9-11-25(12-10-22)15-21-16-26-18(2)23-21/h4-8,16,20H,3,9-15,17H2,1-2H3/t20-/m0/s1. The Kier molecular flexibility index (Phi) is 5.44.